The van der Waals surface area contributed by atoms with Crippen molar-refractivity contribution >= 4 is 11.0 Å². The van der Waals surface area contributed by atoms with Crippen LogP contribution in [0.15, 0.2) is 33.5 Å². The molecule has 0 spiro atoms. The van der Waals surface area contributed by atoms with Gasteiger partial charge in [0.05, 0.1) is 18.8 Å². The van der Waals surface area contributed by atoms with E-state index in [0.717, 1.165) is 10.9 Å². The van der Waals surface area contributed by atoms with Gasteiger partial charge in [-0.25, -0.2) is 4.79 Å². The molecule has 0 saturated carbocycles. The topological polar surface area (TPSA) is 68.9 Å². The number of methoxy groups -OCH3 is 2. The van der Waals surface area contributed by atoms with E-state index in [9.17, 15) is 9.90 Å². The van der Waals surface area contributed by atoms with E-state index in [-0.39, 0.29) is 0 Å². The smallest absolute Gasteiger partial charge is 0.336 e. The van der Waals surface area contributed by atoms with Gasteiger partial charge in [-0.15, -0.1) is 0 Å². The average Bonchev–Trinajstić information content (AvgIpc) is 2.46. The number of aliphatic hydroxyl groups is 1. The molecular weight excluding hydrogens is 272 g/mol. The van der Waals surface area contributed by atoms with Gasteiger partial charge in [0.1, 0.15) is 11.3 Å². The zero-order valence-corrected chi connectivity index (χ0v) is 12.7. The zero-order chi connectivity index (χ0) is 15.6. The first-order chi connectivity index (χ1) is 9.87. The highest BCUT2D eigenvalue weighted by atomic mass is 16.5. The minimum Gasteiger partial charge on any atom is -0.496 e. The minimum atomic E-state index is -0.690. The van der Waals surface area contributed by atoms with Crippen LogP contribution in [0.25, 0.3) is 11.0 Å². The lowest BCUT2D eigenvalue weighted by atomic mass is 9.94. The van der Waals surface area contributed by atoms with Crippen LogP contribution in [0, 0.1) is 0 Å². The first-order valence-corrected chi connectivity index (χ1v) is 6.71. The molecule has 0 bridgehead atoms. The molecule has 1 aromatic carbocycles. The standard InChI is InChI=1S/C16H20O5/c1-16(2,20-4)14(17)8-11-7-10-5-6-15(18)21-13(10)9-12(11)19-3/h5-7,9,14,17H,8H2,1-4H3/t14-/m1/s1. The number of ether oxygens (including phenoxy) is 2. The van der Waals surface area contributed by atoms with Gasteiger partial charge in [0.25, 0.3) is 0 Å². The van der Waals surface area contributed by atoms with Gasteiger partial charge in [-0.3, -0.25) is 0 Å². The van der Waals surface area contributed by atoms with Gasteiger partial charge < -0.3 is 19.0 Å². The maximum absolute atomic E-state index is 11.3. The zero-order valence-electron chi connectivity index (χ0n) is 12.7. The van der Waals surface area contributed by atoms with E-state index in [4.69, 9.17) is 13.9 Å². The summed E-state index contributed by atoms with van der Waals surface area (Å²) in [6.45, 7) is 3.65. The van der Waals surface area contributed by atoms with Crippen molar-refractivity contribution in [1.29, 1.82) is 0 Å². The van der Waals surface area contributed by atoms with E-state index in [0.29, 0.717) is 17.8 Å². The summed E-state index contributed by atoms with van der Waals surface area (Å²) >= 11 is 0. The fourth-order valence-electron chi connectivity index (χ4n) is 2.08. The molecule has 0 fully saturated rings. The molecule has 0 amide bonds. The number of hydrogen-bond donors (Lipinski definition) is 1. The summed E-state index contributed by atoms with van der Waals surface area (Å²) < 4.78 is 15.8. The highest BCUT2D eigenvalue weighted by Crippen LogP contribution is 2.28. The molecule has 1 heterocycles. The lowest BCUT2D eigenvalue weighted by molar-refractivity contribution is -0.0766. The van der Waals surface area contributed by atoms with E-state index < -0.39 is 17.3 Å². The Balaban J connectivity index is 2.43. The second kappa shape index (κ2) is 5.87. The van der Waals surface area contributed by atoms with Crippen LogP contribution in [0.1, 0.15) is 19.4 Å². The molecule has 2 rings (SSSR count). The quantitative estimate of drug-likeness (QED) is 0.855. The van der Waals surface area contributed by atoms with Crippen molar-refractivity contribution in [1.82, 2.24) is 0 Å². The summed E-state index contributed by atoms with van der Waals surface area (Å²) in [4.78, 5) is 11.3. The molecule has 2 aromatic rings. The van der Waals surface area contributed by atoms with Gasteiger partial charge >= 0.3 is 5.63 Å². The second-order valence-corrected chi connectivity index (χ2v) is 5.48. The molecule has 0 radical (unpaired) electrons. The van der Waals surface area contributed by atoms with Crippen molar-refractivity contribution < 1.29 is 19.0 Å². The van der Waals surface area contributed by atoms with E-state index in [1.165, 1.54) is 6.07 Å². The lowest BCUT2D eigenvalue weighted by Crippen LogP contribution is -2.39. The summed E-state index contributed by atoms with van der Waals surface area (Å²) in [5, 5.41) is 11.1. The SMILES string of the molecule is COc1cc2oc(=O)ccc2cc1C[C@@H](O)C(C)(C)OC. The molecule has 1 atom stereocenters. The third kappa shape index (κ3) is 3.25. The van der Waals surface area contributed by atoms with Crippen LogP contribution in [0.3, 0.4) is 0 Å². The Labute approximate surface area is 123 Å². The highest BCUT2D eigenvalue weighted by Gasteiger charge is 2.28. The Bertz CT molecular complexity index is 687. The lowest BCUT2D eigenvalue weighted by Gasteiger charge is -2.29. The van der Waals surface area contributed by atoms with Crippen LogP contribution in [0.2, 0.25) is 0 Å². The second-order valence-electron chi connectivity index (χ2n) is 5.48. The first-order valence-electron chi connectivity index (χ1n) is 6.71. The summed E-state index contributed by atoms with van der Waals surface area (Å²) in [6, 6.07) is 6.58. The molecule has 0 aliphatic carbocycles. The Morgan fingerprint density at radius 1 is 1.29 bits per heavy atom. The maximum Gasteiger partial charge on any atom is 0.336 e. The summed E-state index contributed by atoms with van der Waals surface area (Å²) in [7, 11) is 3.11. The van der Waals surface area contributed by atoms with Gasteiger partial charge in [-0.2, -0.15) is 0 Å². The minimum absolute atomic E-state index is 0.374. The maximum atomic E-state index is 11.3. The van der Waals surface area contributed by atoms with Crippen molar-refractivity contribution in [3.63, 3.8) is 0 Å². The molecule has 1 aromatic heterocycles. The number of rotatable bonds is 5. The van der Waals surface area contributed by atoms with Gasteiger partial charge in [0.15, 0.2) is 0 Å². The van der Waals surface area contributed by atoms with E-state index >= 15 is 0 Å². The van der Waals surface area contributed by atoms with E-state index in [1.54, 1.807) is 26.4 Å². The number of aliphatic hydroxyl groups excluding tert-OH is 1. The van der Waals surface area contributed by atoms with Gasteiger partial charge in [-0.1, -0.05) is 0 Å². The third-order valence-corrected chi connectivity index (χ3v) is 3.76. The van der Waals surface area contributed by atoms with E-state index in [2.05, 4.69) is 0 Å². The third-order valence-electron chi connectivity index (χ3n) is 3.76. The molecule has 5 nitrogen and oxygen atoms in total. The monoisotopic (exact) mass is 292 g/mol. The number of benzene rings is 1. The van der Waals surface area contributed by atoms with Crippen LogP contribution < -0.4 is 10.4 Å². The van der Waals surface area contributed by atoms with Gasteiger partial charge in [0, 0.05) is 31.0 Å². The number of fused-ring (bicyclic) bond motifs is 1. The predicted octanol–water partition coefficient (Wildman–Crippen LogP) is 2.13. The van der Waals surface area contributed by atoms with Crippen molar-refractivity contribution in [3.05, 3.63) is 40.2 Å². The van der Waals surface area contributed by atoms with E-state index in [1.807, 2.05) is 19.9 Å². The molecule has 0 aliphatic heterocycles. The van der Waals surface area contributed by atoms with Gasteiger partial charge in [0.2, 0.25) is 0 Å². The van der Waals surface area contributed by atoms with Crippen LogP contribution in [-0.4, -0.2) is 31.0 Å². The largest absolute Gasteiger partial charge is 0.496 e. The van der Waals surface area contributed by atoms with Crippen molar-refractivity contribution in [2.24, 2.45) is 0 Å². The average molecular weight is 292 g/mol. The summed E-state index contributed by atoms with van der Waals surface area (Å²) in [5.41, 5.74) is 0.223. The normalized spacial score (nSPS) is 13.4. The molecular formula is C16H20O5. The molecule has 114 valence electrons. The number of hydrogen-bond acceptors (Lipinski definition) is 5. The van der Waals surface area contributed by atoms with Gasteiger partial charge in [-0.05, 0) is 31.5 Å². The van der Waals surface area contributed by atoms with Crippen molar-refractivity contribution in [2.45, 2.75) is 32.0 Å². The van der Waals surface area contributed by atoms with Crippen molar-refractivity contribution in [2.75, 3.05) is 14.2 Å². The Morgan fingerprint density at radius 2 is 2.00 bits per heavy atom. The Kier molecular flexibility index (Phi) is 4.34. The molecule has 1 N–H and O–H groups in total. The van der Waals surface area contributed by atoms with Crippen LogP contribution in [-0.2, 0) is 11.2 Å². The first kappa shape index (κ1) is 15.5. The molecule has 0 aliphatic rings. The molecule has 0 unspecified atom stereocenters. The van der Waals surface area contributed by atoms with Crippen LogP contribution in [0.5, 0.6) is 5.75 Å². The fourth-order valence-corrected chi connectivity index (χ4v) is 2.08. The van der Waals surface area contributed by atoms with Crippen molar-refractivity contribution in [3.8, 4) is 5.75 Å². The van der Waals surface area contributed by atoms with Crippen LogP contribution in [0.4, 0.5) is 0 Å². The van der Waals surface area contributed by atoms with Crippen LogP contribution >= 0.6 is 0 Å². The summed E-state index contributed by atoms with van der Waals surface area (Å²) in [6.07, 6.45) is -0.316. The molecule has 5 heteroatoms. The predicted molar refractivity (Wildman–Crippen MR) is 79.8 cm³/mol. The Hall–Kier alpha value is -1.85. The highest BCUT2D eigenvalue weighted by molar-refractivity contribution is 5.79. The molecule has 0 saturated heterocycles. The molecule has 21 heavy (non-hydrogen) atoms. The summed E-state index contributed by atoms with van der Waals surface area (Å²) in [5.74, 6) is 0.572. The fraction of sp³-hybridized carbons (Fsp3) is 0.438. The Morgan fingerprint density at radius 3 is 2.62 bits per heavy atom.